The quantitative estimate of drug-likeness (QED) is 0.554. The topological polar surface area (TPSA) is 55.1 Å². The Morgan fingerprint density at radius 2 is 1.93 bits per heavy atom. The van der Waals surface area contributed by atoms with Gasteiger partial charge in [-0.3, -0.25) is 4.98 Å². The number of nitrogens with one attached hydrogen (secondary N) is 1. The molecule has 0 radical (unpaired) electrons. The van der Waals surface area contributed by atoms with Gasteiger partial charge < -0.3 is 5.32 Å². The van der Waals surface area contributed by atoms with Gasteiger partial charge in [0.15, 0.2) is 5.65 Å². The monoisotopic (exact) mass is 383 g/mol. The van der Waals surface area contributed by atoms with Crippen LogP contribution in [0.4, 0.5) is 19.0 Å². The van der Waals surface area contributed by atoms with E-state index in [0.29, 0.717) is 29.3 Å². The zero-order valence-electron chi connectivity index (χ0n) is 14.9. The van der Waals surface area contributed by atoms with E-state index in [1.54, 1.807) is 35.2 Å². The summed E-state index contributed by atoms with van der Waals surface area (Å²) < 4.78 is 40.9. The summed E-state index contributed by atoms with van der Waals surface area (Å²) in [4.78, 5) is 8.60. The lowest BCUT2D eigenvalue weighted by Gasteiger charge is -2.12. The highest BCUT2D eigenvalue weighted by Crippen LogP contribution is 2.32. The Labute approximate surface area is 158 Å². The van der Waals surface area contributed by atoms with Crippen LogP contribution in [0.3, 0.4) is 0 Å². The van der Waals surface area contributed by atoms with Crippen LogP contribution in [0.15, 0.2) is 61.1 Å². The fourth-order valence-electron chi connectivity index (χ4n) is 2.90. The van der Waals surface area contributed by atoms with Gasteiger partial charge in [-0.25, -0.2) is 4.98 Å². The second-order valence-corrected chi connectivity index (χ2v) is 6.38. The lowest BCUT2D eigenvalue weighted by molar-refractivity contribution is -0.137. The molecule has 0 amide bonds. The molecule has 0 fully saturated rings. The summed E-state index contributed by atoms with van der Waals surface area (Å²) in [5, 5.41) is 7.59. The van der Waals surface area contributed by atoms with Crippen LogP contribution in [-0.4, -0.2) is 19.6 Å². The number of aryl methyl sites for hydroxylation is 1. The zero-order valence-corrected chi connectivity index (χ0v) is 14.9. The zero-order chi connectivity index (χ0) is 19.7. The van der Waals surface area contributed by atoms with E-state index >= 15 is 0 Å². The van der Waals surface area contributed by atoms with Crippen LogP contribution in [0.25, 0.3) is 16.9 Å². The molecule has 4 aromatic rings. The Morgan fingerprint density at radius 1 is 1.07 bits per heavy atom. The van der Waals surface area contributed by atoms with Crippen molar-refractivity contribution in [1.82, 2.24) is 19.6 Å². The third-order valence-corrected chi connectivity index (χ3v) is 4.33. The van der Waals surface area contributed by atoms with E-state index in [1.165, 1.54) is 6.07 Å². The van der Waals surface area contributed by atoms with E-state index in [1.807, 2.05) is 19.1 Å². The number of anilines is 1. The first-order chi connectivity index (χ1) is 13.4. The molecule has 0 aliphatic heterocycles. The number of aromatic nitrogens is 4. The summed E-state index contributed by atoms with van der Waals surface area (Å²) in [5.41, 5.74) is 2.51. The maximum absolute atomic E-state index is 13.1. The fraction of sp³-hybridized carbons (Fsp3) is 0.150. The molecule has 0 spiro atoms. The van der Waals surface area contributed by atoms with E-state index in [-0.39, 0.29) is 0 Å². The van der Waals surface area contributed by atoms with Gasteiger partial charge in [0.25, 0.3) is 0 Å². The van der Waals surface area contributed by atoms with Gasteiger partial charge in [0.05, 0.1) is 17.5 Å². The number of hydrogen-bond donors (Lipinski definition) is 1. The van der Waals surface area contributed by atoms with Crippen LogP contribution in [-0.2, 0) is 12.7 Å². The standard InChI is InChI=1S/C20H16F3N5/c1-13-10-26-28-18(25-12-14-4-3-7-24-11-14)9-17(27-19(13)28)15-5-2-6-16(8-15)20(21,22)23/h2-11,25H,12H2,1H3. The molecule has 1 aromatic carbocycles. The number of fused-ring (bicyclic) bond motifs is 1. The summed E-state index contributed by atoms with van der Waals surface area (Å²) >= 11 is 0. The molecule has 0 atom stereocenters. The largest absolute Gasteiger partial charge is 0.416 e. The lowest BCUT2D eigenvalue weighted by Crippen LogP contribution is -2.07. The van der Waals surface area contributed by atoms with Crippen LogP contribution in [0.5, 0.6) is 0 Å². The van der Waals surface area contributed by atoms with Gasteiger partial charge in [-0.1, -0.05) is 18.2 Å². The number of alkyl halides is 3. The summed E-state index contributed by atoms with van der Waals surface area (Å²) in [6, 6.07) is 10.6. The first-order valence-electron chi connectivity index (χ1n) is 8.57. The van der Waals surface area contributed by atoms with Gasteiger partial charge >= 0.3 is 6.18 Å². The fourth-order valence-corrected chi connectivity index (χ4v) is 2.90. The van der Waals surface area contributed by atoms with Crippen molar-refractivity contribution in [3.05, 3.63) is 77.7 Å². The Kier molecular flexibility index (Phi) is 4.46. The predicted molar refractivity (Wildman–Crippen MR) is 99.7 cm³/mol. The van der Waals surface area contributed by atoms with Gasteiger partial charge in [0.2, 0.25) is 0 Å². The van der Waals surface area contributed by atoms with Crippen molar-refractivity contribution < 1.29 is 13.2 Å². The number of rotatable bonds is 4. The molecule has 0 saturated carbocycles. The molecule has 1 N–H and O–H groups in total. The molecule has 8 heteroatoms. The van der Waals surface area contributed by atoms with Crippen molar-refractivity contribution in [3.63, 3.8) is 0 Å². The number of benzene rings is 1. The third-order valence-electron chi connectivity index (χ3n) is 4.33. The van der Waals surface area contributed by atoms with Crippen molar-refractivity contribution in [2.45, 2.75) is 19.6 Å². The maximum Gasteiger partial charge on any atom is 0.416 e. The Bertz CT molecular complexity index is 1120. The third kappa shape index (κ3) is 3.53. The normalized spacial score (nSPS) is 11.7. The van der Waals surface area contributed by atoms with Gasteiger partial charge in [-0.05, 0) is 30.7 Å². The average Bonchev–Trinajstić information content (AvgIpc) is 3.07. The molecule has 5 nitrogen and oxygen atoms in total. The van der Waals surface area contributed by atoms with Crippen LogP contribution < -0.4 is 5.32 Å². The molecule has 28 heavy (non-hydrogen) atoms. The molecule has 0 unspecified atom stereocenters. The highest BCUT2D eigenvalue weighted by molar-refractivity contribution is 5.68. The van der Waals surface area contributed by atoms with E-state index in [0.717, 1.165) is 23.3 Å². The predicted octanol–water partition coefficient (Wildman–Crippen LogP) is 4.73. The minimum absolute atomic E-state index is 0.391. The molecule has 3 heterocycles. The second-order valence-electron chi connectivity index (χ2n) is 6.38. The van der Waals surface area contributed by atoms with Crippen molar-refractivity contribution >= 4 is 11.5 Å². The van der Waals surface area contributed by atoms with Crippen LogP contribution in [0.2, 0.25) is 0 Å². The Morgan fingerprint density at radius 3 is 2.68 bits per heavy atom. The first kappa shape index (κ1) is 18.0. The first-order valence-corrected chi connectivity index (χ1v) is 8.57. The van der Waals surface area contributed by atoms with Gasteiger partial charge in [-0.15, -0.1) is 0 Å². The number of hydrogen-bond acceptors (Lipinski definition) is 4. The molecule has 0 aliphatic rings. The van der Waals surface area contributed by atoms with Gasteiger partial charge in [0, 0.05) is 36.1 Å². The van der Waals surface area contributed by atoms with Crippen molar-refractivity contribution in [3.8, 4) is 11.3 Å². The van der Waals surface area contributed by atoms with Crippen LogP contribution >= 0.6 is 0 Å². The molecular weight excluding hydrogens is 367 g/mol. The summed E-state index contributed by atoms with van der Waals surface area (Å²) in [7, 11) is 0. The van der Waals surface area contributed by atoms with Gasteiger partial charge in [0.1, 0.15) is 5.82 Å². The van der Waals surface area contributed by atoms with Crippen LogP contribution in [0, 0.1) is 6.92 Å². The van der Waals surface area contributed by atoms with Crippen molar-refractivity contribution in [2.75, 3.05) is 5.32 Å². The SMILES string of the molecule is Cc1cnn2c(NCc3cccnc3)cc(-c3cccc(C(F)(F)F)c3)nc12. The molecule has 4 rings (SSSR count). The van der Waals surface area contributed by atoms with Crippen LogP contribution in [0.1, 0.15) is 16.7 Å². The molecule has 0 aliphatic carbocycles. The molecular formula is C20H16F3N5. The average molecular weight is 383 g/mol. The van der Waals surface area contributed by atoms with E-state index in [9.17, 15) is 13.2 Å². The molecule has 0 bridgehead atoms. The minimum atomic E-state index is -4.41. The van der Waals surface area contributed by atoms with Gasteiger partial charge in [-0.2, -0.15) is 22.8 Å². The van der Waals surface area contributed by atoms with Crippen molar-refractivity contribution in [1.29, 1.82) is 0 Å². The maximum atomic E-state index is 13.1. The highest BCUT2D eigenvalue weighted by atomic mass is 19.4. The van der Waals surface area contributed by atoms with E-state index < -0.39 is 11.7 Å². The molecule has 142 valence electrons. The smallest absolute Gasteiger partial charge is 0.366 e. The van der Waals surface area contributed by atoms with E-state index in [4.69, 9.17) is 0 Å². The Balaban J connectivity index is 1.76. The van der Waals surface area contributed by atoms with E-state index in [2.05, 4.69) is 20.4 Å². The number of pyridine rings is 1. The Hall–Kier alpha value is -3.42. The minimum Gasteiger partial charge on any atom is -0.366 e. The number of halogens is 3. The van der Waals surface area contributed by atoms with Crippen molar-refractivity contribution in [2.24, 2.45) is 0 Å². The summed E-state index contributed by atoms with van der Waals surface area (Å²) in [6.45, 7) is 2.35. The number of nitrogens with zero attached hydrogens (tertiary/aromatic N) is 4. The molecule has 0 saturated heterocycles. The highest BCUT2D eigenvalue weighted by Gasteiger charge is 2.30. The summed E-state index contributed by atoms with van der Waals surface area (Å²) in [5.74, 6) is 0.634. The summed E-state index contributed by atoms with van der Waals surface area (Å²) in [6.07, 6.45) is 0.700. The molecule has 3 aromatic heterocycles. The second kappa shape index (κ2) is 6.95. The lowest BCUT2D eigenvalue weighted by atomic mass is 10.1.